The molecule has 0 aliphatic rings. The smallest absolute Gasteiger partial charge is 0.475 e. The number of carboxylic acid groups (broad SMARTS) is 1. The summed E-state index contributed by atoms with van der Waals surface area (Å²) in [4.78, 5) is 21.3. The maximum Gasteiger partial charge on any atom is 0.490 e. The SMILES string of the molecule is CCOC(=O)c1cn(Cc2cccc(/C=N\N)c2)cc1Cc1ccccc1.O=C(O)C(F)(F)F. The van der Waals surface area contributed by atoms with Crippen molar-refractivity contribution in [2.24, 2.45) is 10.9 Å². The first-order valence-corrected chi connectivity index (χ1v) is 10.2. The number of hydrogen-bond acceptors (Lipinski definition) is 5. The number of carbonyl (C=O) groups excluding carboxylic acids is 1. The largest absolute Gasteiger partial charge is 0.490 e. The van der Waals surface area contributed by atoms with Crippen LogP contribution in [0.4, 0.5) is 13.2 Å². The number of carboxylic acids is 1. The molecule has 0 radical (unpaired) electrons. The summed E-state index contributed by atoms with van der Waals surface area (Å²) < 4.78 is 39.0. The standard InChI is InChI=1S/C22H23N3O2.C2HF3O2/c1-2-27-22(26)21-16-25(14-19-10-6-9-18(11-19)13-24-23)15-20(21)12-17-7-4-3-5-8-17;3-2(4,5)1(6)7/h3-11,13,15-16H,2,12,14,23H2,1H3;(H,6,7)/b24-13-;. The van der Waals surface area contributed by atoms with Gasteiger partial charge < -0.3 is 20.3 Å². The lowest BCUT2D eigenvalue weighted by Crippen LogP contribution is -2.21. The first-order valence-electron chi connectivity index (χ1n) is 10.2. The van der Waals surface area contributed by atoms with Crippen molar-refractivity contribution >= 4 is 18.2 Å². The van der Waals surface area contributed by atoms with E-state index in [-0.39, 0.29) is 5.97 Å². The monoisotopic (exact) mass is 475 g/mol. The molecule has 3 rings (SSSR count). The molecule has 0 aliphatic heterocycles. The van der Waals surface area contributed by atoms with Gasteiger partial charge in [-0.15, -0.1) is 0 Å². The fourth-order valence-corrected chi connectivity index (χ4v) is 3.06. The zero-order valence-electron chi connectivity index (χ0n) is 18.3. The highest BCUT2D eigenvalue weighted by atomic mass is 19.4. The molecule has 1 aromatic heterocycles. The van der Waals surface area contributed by atoms with E-state index in [1.165, 1.54) is 0 Å². The molecule has 180 valence electrons. The quantitative estimate of drug-likeness (QED) is 0.230. The van der Waals surface area contributed by atoms with E-state index >= 15 is 0 Å². The van der Waals surface area contributed by atoms with Gasteiger partial charge >= 0.3 is 18.1 Å². The molecule has 0 atom stereocenters. The van der Waals surface area contributed by atoms with E-state index in [1.54, 1.807) is 6.21 Å². The van der Waals surface area contributed by atoms with Gasteiger partial charge in [0.2, 0.25) is 0 Å². The fourth-order valence-electron chi connectivity index (χ4n) is 3.06. The molecule has 0 aliphatic carbocycles. The van der Waals surface area contributed by atoms with Crippen LogP contribution in [0.2, 0.25) is 0 Å². The van der Waals surface area contributed by atoms with Gasteiger partial charge in [0.05, 0.1) is 18.4 Å². The molecule has 2 aromatic carbocycles. The number of halogens is 3. The summed E-state index contributed by atoms with van der Waals surface area (Å²) in [6, 6.07) is 18.1. The summed E-state index contributed by atoms with van der Waals surface area (Å²) in [5, 5.41) is 10.7. The summed E-state index contributed by atoms with van der Waals surface area (Å²) in [5.74, 6) is 2.19. The third-order valence-corrected chi connectivity index (χ3v) is 4.48. The van der Waals surface area contributed by atoms with E-state index in [0.717, 1.165) is 22.3 Å². The lowest BCUT2D eigenvalue weighted by molar-refractivity contribution is -0.192. The summed E-state index contributed by atoms with van der Waals surface area (Å²) in [6.07, 6.45) is 1.09. The molecule has 0 bridgehead atoms. The predicted molar refractivity (Wildman–Crippen MR) is 121 cm³/mol. The zero-order chi connectivity index (χ0) is 25.1. The number of nitrogens with zero attached hydrogens (tertiary/aromatic N) is 2. The van der Waals surface area contributed by atoms with Crippen molar-refractivity contribution in [3.05, 3.63) is 94.8 Å². The number of aromatic nitrogens is 1. The minimum absolute atomic E-state index is 0.286. The van der Waals surface area contributed by atoms with Gasteiger partial charge in [-0.2, -0.15) is 18.3 Å². The average Bonchev–Trinajstić information content (AvgIpc) is 3.17. The third kappa shape index (κ3) is 8.12. The van der Waals surface area contributed by atoms with E-state index in [1.807, 2.05) is 66.3 Å². The maximum absolute atomic E-state index is 12.4. The maximum atomic E-state index is 12.4. The number of aliphatic carboxylic acids is 1. The van der Waals surface area contributed by atoms with Crippen LogP contribution in [0.15, 0.2) is 72.1 Å². The molecule has 0 unspecified atom stereocenters. The van der Waals surface area contributed by atoms with Crippen molar-refractivity contribution in [1.29, 1.82) is 0 Å². The van der Waals surface area contributed by atoms with Crippen molar-refractivity contribution in [3.63, 3.8) is 0 Å². The molecule has 0 spiro atoms. The number of benzene rings is 2. The van der Waals surface area contributed by atoms with Crippen LogP contribution >= 0.6 is 0 Å². The number of hydrazone groups is 1. The van der Waals surface area contributed by atoms with Gasteiger partial charge in [-0.3, -0.25) is 0 Å². The molecular formula is C24H24F3N3O4. The number of rotatable bonds is 7. The van der Waals surface area contributed by atoms with Crippen molar-refractivity contribution in [2.45, 2.75) is 26.1 Å². The van der Waals surface area contributed by atoms with Gasteiger partial charge in [-0.1, -0.05) is 48.5 Å². The van der Waals surface area contributed by atoms with E-state index in [2.05, 4.69) is 17.2 Å². The molecule has 1 heterocycles. The van der Waals surface area contributed by atoms with E-state index in [4.69, 9.17) is 20.5 Å². The molecular weight excluding hydrogens is 451 g/mol. The zero-order valence-corrected chi connectivity index (χ0v) is 18.3. The van der Waals surface area contributed by atoms with Crippen LogP contribution in [0.1, 0.15) is 39.5 Å². The Labute approximate surface area is 194 Å². The van der Waals surface area contributed by atoms with E-state index in [9.17, 15) is 18.0 Å². The van der Waals surface area contributed by atoms with Gasteiger partial charge in [0.25, 0.3) is 0 Å². The van der Waals surface area contributed by atoms with Crippen LogP contribution in [-0.2, 0) is 22.5 Å². The predicted octanol–water partition coefficient (Wildman–Crippen LogP) is 4.23. The summed E-state index contributed by atoms with van der Waals surface area (Å²) in [6.45, 7) is 2.82. The number of carbonyl (C=O) groups is 2. The Bertz CT molecular complexity index is 1130. The Morgan fingerprint density at radius 2 is 1.74 bits per heavy atom. The second kappa shape index (κ2) is 12.2. The molecule has 7 nitrogen and oxygen atoms in total. The lowest BCUT2D eigenvalue weighted by Gasteiger charge is -2.04. The van der Waals surface area contributed by atoms with Crippen molar-refractivity contribution in [3.8, 4) is 0 Å². The van der Waals surface area contributed by atoms with Gasteiger partial charge in [0.15, 0.2) is 0 Å². The lowest BCUT2D eigenvalue weighted by atomic mass is 10.0. The Kier molecular flexibility index (Phi) is 9.42. The van der Waals surface area contributed by atoms with E-state index in [0.29, 0.717) is 25.1 Å². The van der Waals surface area contributed by atoms with Gasteiger partial charge in [-0.25, -0.2) is 9.59 Å². The van der Waals surface area contributed by atoms with E-state index < -0.39 is 12.1 Å². The number of esters is 1. The van der Waals surface area contributed by atoms with Crippen molar-refractivity contribution in [1.82, 2.24) is 4.57 Å². The molecule has 3 N–H and O–H groups in total. The molecule has 0 amide bonds. The summed E-state index contributed by atoms with van der Waals surface area (Å²) in [5.41, 5.74) is 4.77. The fraction of sp³-hybridized carbons (Fsp3) is 0.208. The van der Waals surface area contributed by atoms with Crippen LogP contribution in [0.25, 0.3) is 0 Å². The van der Waals surface area contributed by atoms with Gasteiger partial charge in [0, 0.05) is 18.9 Å². The highest BCUT2D eigenvalue weighted by Gasteiger charge is 2.38. The Hall–Kier alpha value is -4.08. The molecule has 10 heteroatoms. The molecule has 0 saturated heterocycles. The van der Waals surface area contributed by atoms with Crippen LogP contribution in [0, 0.1) is 0 Å². The molecule has 0 saturated carbocycles. The molecule has 3 aromatic rings. The second-order valence-electron chi connectivity index (χ2n) is 7.08. The Morgan fingerprint density at radius 3 is 2.32 bits per heavy atom. The van der Waals surface area contributed by atoms with Crippen molar-refractivity contribution in [2.75, 3.05) is 6.61 Å². The normalized spacial score (nSPS) is 11.1. The Morgan fingerprint density at radius 1 is 1.09 bits per heavy atom. The second-order valence-corrected chi connectivity index (χ2v) is 7.08. The van der Waals surface area contributed by atoms with Crippen LogP contribution in [-0.4, -0.2) is 40.6 Å². The van der Waals surface area contributed by atoms with Gasteiger partial charge in [0.1, 0.15) is 0 Å². The highest BCUT2D eigenvalue weighted by molar-refractivity contribution is 5.91. The number of hydrogen-bond donors (Lipinski definition) is 2. The third-order valence-electron chi connectivity index (χ3n) is 4.48. The van der Waals surface area contributed by atoms with Crippen LogP contribution < -0.4 is 5.84 Å². The minimum atomic E-state index is -5.08. The minimum Gasteiger partial charge on any atom is -0.475 e. The number of alkyl halides is 3. The molecule has 34 heavy (non-hydrogen) atoms. The molecule has 0 fully saturated rings. The highest BCUT2D eigenvalue weighted by Crippen LogP contribution is 2.19. The Balaban J connectivity index is 0.000000509. The topological polar surface area (TPSA) is 107 Å². The van der Waals surface area contributed by atoms with Crippen LogP contribution in [0.3, 0.4) is 0 Å². The average molecular weight is 475 g/mol. The van der Waals surface area contributed by atoms with Gasteiger partial charge in [-0.05, 0) is 41.7 Å². The number of nitrogens with two attached hydrogens (primary N) is 1. The number of ether oxygens (including phenoxy) is 1. The first-order chi connectivity index (χ1) is 16.1. The summed E-state index contributed by atoms with van der Waals surface area (Å²) in [7, 11) is 0. The van der Waals surface area contributed by atoms with Crippen LogP contribution in [0.5, 0.6) is 0 Å². The van der Waals surface area contributed by atoms with Crippen molar-refractivity contribution < 1.29 is 32.6 Å². The summed E-state index contributed by atoms with van der Waals surface area (Å²) >= 11 is 0. The first kappa shape index (κ1) is 26.2.